The number of benzene rings is 2. The van der Waals surface area contributed by atoms with E-state index in [1.54, 1.807) is 4.90 Å². The van der Waals surface area contributed by atoms with Gasteiger partial charge in [0.2, 0.25) is 11.8 Å². The zero-order valence-corrected chi connectivity index (χ0v) is 16.3. The summed E-state index contributed by atoms with van der Waals surface area (Å²) in [5.41, 5.74) is 1.07. The third-order valence-electron chi connectivity index (χ3n) is 5.32. The molecule has 1 heterocycles. The average molecular weight is 404 g/mol. The number of carbonyl (C=O) groups is 2. The number of hydrogen-bond donors (Lipinski definition) is 1. The van der Waals surface area contributed by atoms with Crippen molar-refractivity contribution in [3.63, 3.8) is 0 Å². The Labute approximate surface area is 167 Å². The molecule has 3 rings (SSSR count). The average Bonchev–Trinajstić information content (AvgIpc) is 3.08. The van der Waals surface area contributed by atoms with Crippen LogP contribution in [-0.4, -0.2) is 18.4 Å². The van der Waals surface area contributed by atoms with Gasteiger partial charge >= 0.3 is 6.18 Å². The van der Waals surface area contributed by atoms with Crippen molar-refractivity contribution in [3.8, 4) is 0 Å². The van der Waals surface area contributed by atoms with Crippen LogP contribution in [0.1, 0.15) is 43.7 Å². The molecule has 0 unspecified atom stereocenters. The lowest BCUT2D eigenvalue weighted by atomic mass is 9.96. The Bertz CT molecular complexity index is 911. The van der Waals surface area contributed by atoms with Crippen molar-refractivity contribution in [1.29, 1.82) is 0 Å². The maximum atomic E-state index is 12.9. The first-order valence-electron chi connectivity index (χ1n) is 9.58. The Morgan fingerprint density at radius 1 is 1.21 bits per heavy atom. The molecule has 1 saturated heterocycles. The molecule has 0 aromatic heterocycles. The van der Waals surface area contributed by atoms with E-state index in [0.717, 1.165) is 29.8 Å². The van der Waals surface area contributed by atoms with Gasteiger partial charge in [-0.3, -0.25) is 9.59 Å². The van der Waals surface area contributed by atoms with Crippen LogP contribution in [0, 0.1) is 5.92 Å². The van der Waals surface area contributed by atoms with Crippen molar-refractivity contribution in [1.82, 2.24) is 0 Å². The summed E-state index contributed by atoms with van der Waals surface area (Å²) in [7, 11) is 0. The van der Waals surface area contributed by atoms with Crippen LogP contribution < -0.4 is 10.2 Å². The molecular formula is C22H23F3N2O2. The summed E-state index contributed by atoms with van der Waals surface area (Å²) < 4.78 is 38.6. The molecule has 2 atom stereocenters. The predicted octanol–water partition coefficient (Wildman–Crippen LogP) is 5.21. The lowest BCUT2D eigenvalue weighted by Gasteiger charge is -2.23. The maximum absolute atomic E-state index is 12.9. The second kappa shape index (κ2) is 8.27. The number of para-hydroxylation sites is 1. The maximum Gasteiger partial charge on any atom is 0.416 e. The normalized spacial score (nSPS) is 18.0. The minimum atomic E-state index is -4.49. The number of anilines is 2. The highest BCUT2D eigenvalue weighted by atomic mass is 19.4. The molecule has 0 aliphatic carbocycles. The molecule has 2 aromatic carbocycles. The summed E-state index contributed by atoms with van der Waals surface area (Å²) >= 11 is 0. The van der Waals surface area contributed by atoms with Gasteiger partial charge < -0.3 is 10.2 Å². The van der Waals surface area contributed by atoms with Crippen LogP contribution in [-0.2, 0) is 15.8 Å². The molecule has 4 nitrogen and oxygen atoms in total. The predicted molar refractivity (Wildman–Crippen MR) is 106 cm³/mol. The minimum Gasteiger partial charge on any atom is -0.326 e. The van der Waals surface area contributed by atoms with Gasteiger partial charge in [0.25, 0.3) is 0 Å². The van der Waals surface area contributed by atoms with Crippen molar-refractivity contribution in [2.75, 3.05) is 16.8 Å². The number of nitrogens with zero attached hydrogens (tertiary/aromatic N) is 1. The highest BCUT2D eigenvalue weighted by Gasteiger charge is 2.36. The van der Waals surface area contributed by atoms with Gasteiger partial charge in [-0.05, 0) is 42.2 Å². The van der Waals surface area contributed by atoms with Crippen molar-refractivity contribution < 1.29 is 22.8 Å². The monoisotopic (exact) mass is 404 g/mol. The number of hydrogen-bond acceptors (Lipinski definition) is 2. The fourth-order valence-electron chi connectivity index (χ4n) is 3.50. The molecule has 1 N–H and O–H groups in total. The highest BCUT2D eigenvalue weighted by Crippen LogP contribution is 2.34. The van der Waals surface area contributed by atoms with E-state index in [1.165, 1.54) is 12.1 Å². The molecule has 2 aromatic rings. The number of nitrogens with one attached hydrogen (secondary N) is 1. The Balaban J connectivity index is 1.75. The van der Waals surface area contributed by atoms with E-state index in [2.05, 4.69) is 19.2 Å². The standard InChI is InChI=1S/C22H23F3N2O2/c1-3-14(2)18-9-4-5-10-19(18)27-13-15(11-20(27)28)21(29)26-17-8-6-7-16(12-17)22(23,24)25/h4-10,12,14-15H,3,11,13H2,1-2H3,(H,26,29)/t14-,15+/m0/s1. The molecule has 1 fully saturated rings. The van der Waals surface area contributed by atoms with Crippen molar-refractivity contribution in [3.05, 3.63) is 59.7 Å². The van der Waals surface area contributed by atoms with Gasteiger partial charge in [-0.25, -0.2) is 0 Å². The van der Waals surface area contributed by atoms with Gasteiger partial charge in [0.05, 0.1) is 11.5 Å². The van der Waals surface area contributed by atoms with Gasteiger partial charge in [-0.1, -0.05) is 38.1 Å². The van der Waals surface area contributed by atoms with Crippen LogP contribution in [0.2, 0.25) is 0 Å². The van der Waals surface area contributed by atoms with Crippen molar-refractivity contribution >= 4 is 23.2 Å². The second-order valence-electron chi connectivity index (χ2n) is 7.34. The summed E-state index contributed by atoms with van der Waals surface area (Å²) in [5.74, 6) is -0.981. The first-order chi connectivity index (χ1) is 13.7. The van der Waals surface area contributed by atoms with Crippen LogP contribution >= 0.6 is 0 Å². The molecule has 0 saturated carbocycles. The van der Waals surface area contributed by atoms with E-state index in [0.29, 0.717) is 0 Å². The fourth-order valence-corrected chi connectivity index (χ4v) is 3.50. The topological polar surface area (TPSA) is 49.4 Å². The number of carbonyl (C=O) groups excluding carboxylic acids is 2. The van der Waals surface area contributed by atoms with E-state index in [9.17, 15) is 22.8 Å². The Morgan fingerprint density at radius 3 is 2.62 bits per heavy atom. The molecular weight excluding hydrogens is 381 g/mol. The summed E-state index contributed by atoms with van der Waals surface area (Å²) in [6.45, 7) is 4.35. The molecule has 0 bridgehead atoms. The molecule has 2 amide bonds. The van der Waals surface area contributed by atoms with Crippen LogP contribution in [0.4, 0.5) is 24.5 Å². The van der Waals surface area contributed by atoms with Crippen LogP contribution in [0.3, 0.4) is 0 Å². The SMILES string of the molecule is CC[C@H](C)c1ccccc1N1C[C@H](C(=O)Nc2cccc(C(F)(F)F)c2)CC1=O. The Morgan fingerprint density at radius 2 is 1.93 bits per heavy atom. The first kappa shape index (κ1) is 20.9. The van der Waals surface area contributed by atoms with Gasteiger partial charge in [0.1, 0.15) is 0 Å². The lowest BCUT2D eigenvalue weighted by molar-refractivity contribution is -0.137. The number of halogens is 3. The fraction of sp³-hybridized carbons (Fsp3) is 0.364. The minimum absolute atomic E-state index is 0.0274. The highest BCUT2D eigenvalue weighted by molar-refractivity contribution is 6.03. The molecule has 7 heteroatoms. The zero-order chi connectivity index (χ0) is 21.2. The van der Waals surface area contributed by atoms with E-state index < -0.39 is 23.6 Å². The van der Waals surface area contributed by atoms with E-state index in [-0.39, 0.29) is 30.5 Å². The quantitative estimate of drug-likeness (QED) is 0.744. The first-order valence-corrected chi connectivity index (χ1v) is 9.58. The van der Waals surface area contributed by atoms with Gasteiger partial charge in [0.15, 0.2) is 0 Å². The number of amides is 2. The van der Waals surface area contributed by atoms with E-state index in [1.807, 2.05) is 24.3 Å². The van der Waals surface area contributed by atoms with Gasteiger partial charge in [0, 0.05) is 24.3 Å². The number of rotatable bonds is 5. The third-order valence-corrected chi connectivity index (χ3v) is 5.32. The second-order valence-corrected chi connectivity index (χ2v) is 7.34. The summed E-state index contributed by atoms with van der Waals surface area (Å²) in [6.07, 6.45) is -3.54. The summed E-state index contributed by atoms with van der Waals surface area (Å²) in [5, 5.41) is 2.52. The molecule has 0 radical (unpaired) electrons. The van der Waals surface area contributed by atoms with Crippen LogP contribution in [0.25, 0.3) is 0 Å². The largest absolute Gasteiger partial charge is 0.416 e. The molecule has 29 heavy (non-hydrogen) atoms. The summed E-state index contributed by atoms with van der Waals surface area (Å²) in [4.78, 5) is 26.8. The molecule has 1 aliphatic rings. The Hall–Kier alpha value is -2.83. The van der Waals surface area contributed by atoms with Crippen LogP contribution in [0.5, 0.6) is 0 Å². The third kappa shape index (κ3) is 4.60. The van der Waals surface area contributed by atoms with Gasteiger partial charge in [-0.2, -0.15) is 13.2 Å². The Kier molecular flexibility index (Phi) is 5.96. The molecule has 154 valence electrons. The van der Waals surface area contributed by atoms with Crippen molar-refractivity contribution in [2.24, 2.45) is 5.92 Å². The van der Waals surface area contributed by atoms with E-state index in [4.69, 9.17) is 0 Å². The smallest absolute Gasteiger partial charge is 0.326 e. The molecule has 1 aliphatic heterocycles. The number of alkyl halides is 3. The zero-order valence-electron chi connectivity index (χ0n) is 16.3. The van der Waals surface area contributed by atoms with Crippen LogP contribution in [0.15, 0.2) is 48.5 Å². The lowest BCUT2D eigenvalue weighted by Crippen LogP contribution is -2.29. The van der Waals surface area contributed by atoms with Gasteiger partial charge in [-0.15, -0.1) is 0 Å². The van der Waals surface area contributed by atoms with Crippen molar-refractivity contribution in [2.45, 2.75) is 38.8 Å². The summed E-state index contributed by atoms with van der Waals surface area (Å²) in [6, 6.07) is 12.1. The van der Waals surface area contributed by atoms with E-state index >= 15 is 0 Å². The molecule has 0 spiro atoms.